The molecule has 1 atom stereocenters. The molecule has 0 fully saturated rings. The second-order valence-electron chi connectivity index (χ2n) is 3.26. The van der Waals surface area contributed by atoms with Crippen molar-refractivity contribution in [3.8, 4) is 10.7 Å². The van der Waals surface area contributed by atoms with Crippen molar-refractivity contribution >= 4 is 11.3 Å². The quantitative estimate of drug-likeness (QED) is 0.864. The van der Waals surface area contributed by atoms with E-state index in [4.69, 9.17) is 4.52 Å². The van der Waals surface area contributed by atoms with E-state index in [1.54, 1.807) is 11.3 Å². The molecule has 0 saturated heterocycles. The first-order valence-electron chi connectivity index (χ1n) is 4.84. The minimum absolute atomic E-state index is 0.401. The number of hydrogen-bond acceptors (Lipinski definition) is 5. The van der Waals surface area contributed by atoms with Gasteiger partial charge in [-0.25, -0.2) is 0 Å². The molecule has 15 heavy (non-hydrogen) atoms. The molecule has 0 aliphatic heterocycles. The van der Waals surface area contributed by atoms with Crippen LogP contribution in [0.2, 0.25) is 0 Å². The van der Waals surface area contributed by atoms with Crippen LogP contribution in [0.3, 0.4) is 0 Å². The van der Waals surface area contributed by atoms with Gasteiger partial charge in [-0.2, -0.15) is 4.98 Å². The molecular weight excluding hydrogens is 212 g/mol. The maximum atomic E-state index is 9.43. The molecule has 0 aromatic carbocycles. The summed E-state index contributed by atoms with van der Waals surface area (Å²) in [6.07, 6.45) is 0.715. The van der Waals surface area contributed by atoms with Crippen molar-refractivity contribution < 1.29 is 9.63 Å². The van der Waals surface area contributed by atoms with E-state index in [2.05, 4.69) is 10.1 Å². The fraction of sp³-hybridized carbons (Fsp3) is 0.400. The minimum atomic E-state index is -0.401. The predicted molar refractivity (Wildman–Crippen MR) is 57.6 cm³/mol. The number of nitrogens with zero attached hydrogens (tertiary/aromatic N) is 2. The lowest BCUT2D eigenvalue weighted by atomic mass is 10.2. The lowest BCUT2D eigenvalue weighted by Crippen LogP contribution is -2.08. The summed E-state index contributed by atoms with van der Waals surface area (Å²) < 4.78 is 5.05. The Hall–Kier alpha value is -1.20. The van der Waals surface area contributed by atoms with E-state index in [0.717, 1.165) is 4.88 Å². The maximum absolute atomic E-state index is 9.43. The van der Waals surface area contributed by atoms with Crippen molar-refractivity contribution in [2.75, 3.05) is 0 Å². The highest BCUT2D eigenvalue weighted by Gasteiger charge is 2.12. The highest BCUT2D eigenvalue weighted by atomic mass is 32.1. The third-order valence-electron chi connectivity index (χ3n) is 2.09. The lowest BCUT2D eigenvalue weighted by Gasteiger charge is -2.01. The zero-order valence-corrected chi connectivity index (χ0v) is 9.20. The van der Waals surface area contributed by atoms with Crippen LogP contribution < -0.4 is 0 Å². The van der Waals surface area contributed by atoms with Gasteiger partial charge in [0.2, 0.25) is 11.7 Å². The average Bonchev–Trinajstić information content (AvgIpc) is 2.85. The van der Waals surface area contributed by atoms with Crippen LogP contribution in [0.1, 0.15) is 19.2 Å². The Morgan fingerprint density at radius 2 is 2.47 bits per heavy atom. The fourth-order valence-corrected chi connectivity index (χ4v) is 1.84. The summed E-state index contributed by atoms with van der Waals surface area (Å²) in [5, 5.41) is 15.2. The molecule has 0 radical (unpaired) electrons. The molecule has 2 aromatic heterocycles. The SMILES string of the molecule is CCC(O)Cc1nc(-c2cccs2)no1. The topological polar surface area (TPSA) is 59.2 Å². The summed E-state index contributed by atoms with van der Waals surface area (Å²) in [4.78, 5) is 5.20. The molecule has 2 heterocycles. The monoisotopic (exact) mass is 224 g/mol. The number of aliphatic hydroxyl groups excluding tert-OH is 1. The molecule has 5 heteroatoms. The zero-order valence-electron chi connectivity index (χ0n) is 8.38. The first kappa shape index (κ1) is 10.3. The van der Waals surface area contributed by atoms with Gasteiger partial charge >= 0.3 is 0 Å². The van der Waals surface area contributed by atoms with Crippen molar-refractivity contribution in [3.63, 3.8) is 0 Å². The van der Waals surface area contributed by atoms with Gasteiger partial charge in [-0.15, -0.1) is 11.3 Å². The fourth-order valence-electron chi connectivity index (χ4n) is 1.19. The second kappa shape index (κ2) is 4.55. The normalized spacial score (nSPS) is 12.9. The molecule has 0 aliphatic rings. The molecule has 2 aromatic rings. The Labute approximate surface area is 91.6 Å². The van der Waals surface area contributed by atoms with Crippen LogP contribution in [-0.4, -0.2) is 21.4 Å². The summed E-state index contributed by atoms with van der Waals surface area (Å²) in [5.74, 6) is 1.09. The largest absolute Gasteiger partial charge is 0.393 e. The van der Waals surface area contributed by atoms with E-state index < -0.39 is 6.10 Å². The van der Waals surface area contributed by atoms with Crippen LogP contribution in [0.15, 0.2) is 22.0 Å². The molecule has 0 aliphatic carbocycles. The molecule has 1 unspecified atom stereocenters. The molecule has 80 valence electrons. The number of aromatic nitrogens is 2. The number of rotatable bonds is 4. The third-order valence-corrected chi connectivity index (χ3v) is 2.96. The van der Waals surface area contributed by atoms with Gasteiger partial charge in [-0.05, 0) is 17.9 Å². The molecule has 0 spiro atoms. The van der Waals surface area contributed by atoms with Crippen LogP contribution in [0.4, 0.5) is 0 Å². The Morgan fingerprint density at radius 3 is 3.13 bits per heavy atom. The minimum Gasteiger partial charge on any atom is -0.393 e. The molecule has 4 nitrogen and oxygen atoms in total. The third kappa shape index (κ3) is 2.43. The van der Waals surface area contributed by atoms with Crippen molar-refractivity contribution in [1.29, 1.82) is 0 Å². The van der Waals surface area contributed by atoms with E-state index in [1.165, 1.54) is 0 Å². The van der Waals surface area contributed by atoms with Crippen molar-refractivity contribution in [1.82, 2.24) is 10.1 Å². The predicted octanol–water partition coefficient (Wildman–Crippen LogP) is 2.11. The molecular formula is C10H12N2O2S. The van der Waals surface area contributed by atoms with Crippen LogP contribution in [0.25, 0.3) is 10.7 Å². The first-order chi connectivity index (χ1) is 7.29. The Morgan fingerprint density at radius 1 is 1.60 bits per heavy atom. The van der Waals surface area contributed by atoms with Gasteiger partial charge in [0.05, 0.1) is 17.4 Å². The van der Waals surface area contributed by atoms with Crippen molar-refractivity contribution in [2.45, 2.75) is 25.9 Å². The molecule has 0 saturated carbocycles. The summed E-state index contributed by atoms with van der Waals surface area (Å²) in [7, 11) is 0. The van der Waals surface area contributed by atoms with Crippen LogP contribution in [0, 0.1) is 0 Å². The summed E-state index contributed by atoms with van der Waals surface area (Å²) in [6.45, 7) is 1.92. The molecule has 0 bridgehead atoms. The number of hydrogen-bond donors (Lipinski definition) is 1. The smallest absolute Gasteiger partial charge is 0.229 e. The zero-order chi connectivity index (χ0) is 10.7. The van der Waals surface area contributed by atoms with Gasteiger partial charge in [-0.3, -0.25) is 0 Å². The average molecular weight is 224 g/mol. The molecule has 1 N–H and O–H groups in total. The Bertz CT molecular complexity index is 411. The summed E-state index contributed by atoms with van der Waals surface area (Å²) in [6, 6.07) is 3.88. The Kier molecular flexibility index (Phi) is 3.13. The van der Waals surface area contributed by atoms with Crippen LogP contribution in [0.5, 0.6) is 0 Å². The van der Waals surface area contributed by atoms with Gasteiger partial charge < -0.3 is 9.63 Å². The second-order valence-corrected chi connectivity index (χ2v) is 4.20. The Balaban J connectivity index is 2.11. The lowest BCUT2D eigenvalue weighted by molar-refractivity contribution is 0.158. The number of thiophene rings is 1. The van der Waals surface area contributed by atoms with Gasteiger partial charge in [0.15, 0.2) is 0 Å². The highest BCUT2D eigenvalue weighted by Crippen LogP contribution is 2.21. The summed E-state index contributed by atoms with van der Waals surface area (Å²) >= 11 is 1.57. The van der Waals surface area contributed by atoms with Gasteiger partial charge in [0, 0.05) is 0 Å². The van der Waals surface area contributed by atoms with E-state index in [9.17, 15) is 5.11 Å². The van der Waals surface area contributed by atoms with Gasteiger partial charge in [-0.1, -0.05) is 18.1 Å². The maximum Gasteiger partial charge on any atom is 0.229 e. The first-order valence-corrected chi connectivity index (χ1v) is 5.72. The number of aliphatic hydroxyl groups is 1. The van der Waals surface area contributed by atoms with Crippen molar-refractivity contribution in [3.05, 3.63) is 23.4 Å². The van der Waals surface area contributed by atoms with Gasteiger partial charge in [0.1, 0.15) is 0 Å². The highest BCUT2D eigenvalue weighted by molar-refractivity contribution is 7.13. The molecule has 2 rings (SSSR count). The van der Waals surface area contributed by atoms with Crippen LogP contribution in [-0.2, 0) is 6.42 Å². The van der Waals surface area contributed by atoms with E-state index in [1.807, 2.05) is 24.4 Å². The van der Waals surface area contributed by atoms with E-state index in [0.29, 0.717) is 24.6 Å². The standard InChI is InChI=1S/C10H12N2O2S/c1-2-7(13)6-9-11-10(12-14-9)8-4-3-5-15-8/h3-5,7,13H,2,6H2,1H3. The molecule has 0 amide bonds. The van der Waals surface area contributed by atoms with Gasteiger partial charge in [0.25, 0.3) is 0 Å². The van der Waals surface area contributed by atoms with E-state index in [-0.39, 0.29) is 0 Å². The van der Waals surface area contributed by atoms with Crippen molar-refractivity contribution in [2.24, 2.45) is 0 Å². The van der Waals surface area contributed by atoms with E-state index >= 15 is 0 Å². The summed E-state index contributed by atoms with van der Waals surface area (Å²) in [5.41, 5.74) is 0. The van der Waals surface area contributed by atoms with Crippen LogP contribution >= 0.6 is 11.3 Å².